The van der Waals surface area contributed by atoms with Gasteiger partial charge in [-0.05, 0) is 59.3 Å². The zero-order chi connectivity index (χ0) is 21.1. The summed E-state index contributed by atoms with van der Waals surface area (Å²) in [5.74, 6) is -0.792. The van der Waals surface area contributed by atoms with Crippen LogP contribution in [0, 0.1) is 9.39 Å². The third kappa shape index (κ3) is 4.71. The van der Waals surface area contributed by atoms with Gasteiger partial charge in [-0.15, -0.1) is 0 Å². The van der Waals surface area contributed by atoms with Crippen molar-refractivity contribution in [2.45, 2.75) is 19.4 Å². The van der Waals surface area contributed by atoms with E-state index in [4.69, 9.17) is 4.74 Å². The summed E-state index contributed by atoms with van der Waals surface area (Å²) in [5, 5.41) is 9.66. The van der Waals surface area contributed by atoms with Crippen LogP contribution in [-0.2, 0) is 18.2 Å². The first-order chi connectivity index (χ1) is 13.8. The molecule has 2 heterocycles. The number of ketones is 1. The first-order valence-electron chi connectivity index (χ1n) is 8.99. The summed E-state index contributed by atoms with van der Waals surface area (Å²) in [5.41, 5.74) is 0.922. The lowest BCUT2D eigenvalue weighted by molar-refractivity contribution is 0.0425. The summed E-state index contributed by atoms with van der Waals surface area (Å²) in [7, 11) is 1.56. The number of fused-ring (bicyclic) bond motifs is 1. The Kier molecular flexibility index (Phi) is 6.76. The predicted molar refractivity (Wildman–Crippen MR) is 116 cm³/mol. The van der Waals surface area contributed by atoms with E-state index in [1.54, 1.807) is 38.2 Å². The lowest BCUT2D eigenvalue weighted by atomic mass is 9.99. The number of pyridine rings is 2. The van der Waals surface area contributed by atoms with Crippen LogP contribution in [0.3, 0.4) is 0 Å². The van der Waals surface area contributed by atoms with E-state index in [9.17, 15) is 19.1 Å². The number of aliphatic hydroxyl groups is 1. The van der Waals surface area contributed by atoms with Gasteiger partial charge in [0.1, 0.15) is 12.4 Å². The molecule has 0 aliphatic carbocycles. The molecule has 0 amide bonds. The molecule has 2 aromatic heterocycles. The van der Waals surface area contributed by atoms with Crippen LogP contribution in [0.2, 0.25) is 0 Å². The van der Waals surface area contributed by atoms with E-state index >= 15 is 0 Å². The average molecular weight is 510 g/mol. The molecule has 3 aromatic rings. The molecule has 0 aliphatic rings. The summed E-state index contributed by atoms with van der Waals surface area (Å²) in [6, 6.07) is 8.04. The van der Waals surface area contributed by atoms with Crippen molar-refractivity contribution in [2.75, 3.05) is 13.2 Å². The van der Waals surface area contributed by atoms with E-state index in [2.05, 4.69) is 4.98 Å². The Balaban J connectivity index is 2.15. The van der Waals surface area contributed by atoms with E-state index in [1.807, 2.05) is 22.6 Å². The maximum atomic E-state index is 14.5. The zero-order valence-electron chi connectivity index (χ0n) is 16.0. The number of carbonyl (C=O) groups excluding carboxylic acids is 1. The Labute approximate surface area is 180 Å². The van der Waals surface area contributed by atoms with Crippen LogP contribution >= 0.6 is 22.6 Å². The molecule has 0 radical (unpaired) electrons. The molecule has 0 saturated carbocycles. The lowest BCUT2D eigenvalue weighted by Crippen LogP contribution is -2.27. The number of aromatic nitrogens is 2. The fourth-order valence-electron chi connectivity index (χ4n) is 3.12. The largest absolute Gasteiger partial charge is 0.391 e. The zero-order valence-corrected chi connectivity index (χ0v) is 18.1. The third-order valence-electron chi connectivity index (χ3n) is 4.52. The maximum absolute atomic E-state index is 14.5. The van der Waals surface area contributed by atoms with Gasteiger partial charge in [0.15, 0.2) is 5.78 Å². The van der Waals surface area contributed by atoms with Gasteiger partial charge in [0.05, 0.1) is 29.2 Å². The minimum absolute atomic E-state index is 0.00392. The summed E-state index contributed by atoms with van der Waals surface area (Å²) in [6.07, 6.45) is 0.848. The molecule has 0 saturated heterocycles. The highest BCUT2D eigenvalue weighted by Gasteiger charge is 2.22. The van der Waals surface area contributed by atoms with E-state index in [1.165, 1.54) is 16.8 Å². The van der Waals surface area contributed by atoms with Crippen molar-refractivity contribution < 1.29 is 19.0 Å². The van der Waals surface area contributed by atoms with Crippen molar-refractivity contribution in [2.24, 2.45) is 7.05 Å². The van der Waals surface area contributed by atoms with Gasteiger partial charge in [-0.3, -0.25) is 14.6 Å². The van der Waals surface area contributed by atoms with Gasteiger partial charge in [-0.2, -0.15) is 0 Å². The van der Waals surface area contributed by atoms with Crippen LogP contribution in [0.4, 0.5) is 4.39 Å². The smallest absolute Gasteiger partial charge is 0.260 e. The predicted octanol–water partition coefficient (Wildman–Crippen LogP) is 2.85. The number of Topliss-reactive ketones (excluding diaryl/α,β-unsaturated/α-hetero) is 1. The molecule has 29 heavy (non-hydrogen) atoms. The first-order valence-corrected chi connectivity index (χ1v) is 10.1. The molecule has 0 bridgehead atoms. The van der Waals surface area contributed by atoms with E-state index in [-0.39, 0.29) is 42.1 Å². The van der Waals surface area contributed by atoms with E-state index in [0.29, 0.717) is 16.6 Å². The van der Waals surface area contributed by atoms with Crippen molar-refractivity contribution in [3.8, 4) is 0 Å². The highest BCUT2D eigenvalue weighted by atomic mass is 127. The molecule has 8 heteroatoms. The lowest BCUT2D eigenvalue weighted by Gasteiger charge is -2.17. The molecule has 0 unspecified atom stereocenters. The number of rotatable bonds is 7. The summed E-state index contributed by atoms with van der Waals surface area (Å²) < 4.78 is 21.9. The average Bonchev–Trinajstić information content (AvgIpc) is 2.67. The Morgan fingerprint density at radius 1 is 1.38 bits per heavy atom. The second kappa shape index (κ2) is 9.10. The molecule has 3 rings (SSSR count). The third-order valence-corrected chi connectivity index (χ3v) is 5.19. The fourth-order valence-corrected chi connectivity index (χ4v) is 3.58. The molecule has 1 N–H and O–H groups in total. The molecule has 6 nitrogen and oxygen atoms in total. The Morgan fingerprint density at radius 3 is 2.83 bits per heavy atom. The Hall–Kier alpha value is -2.17. The van der Waals surface area contributed by atoms with Crippen LogP contribution < -0.4 is 5.56 Å². The van der Waals surface area contributed by atoms with Crippen LogP contribution in [0.1, 0.15) is 28.5 Å². The van der Waals surface area contributed by atoms with Gasteiger partial charge in [0.25, 0.3) is 5.56 Å². The molecule has 1 aromatic carbocycles. The van der Waals surface area contributed by atoms with Gasteiger partial charge in [-0.1, -0.05) is 6.07 Å². The van der Waals surface area contributed by atoms with Crippen LogP contribution in [0.5, 0.6) is 0 Å². The Morgan fingerprint density at radius 2 is 2.14 bits per heavy atom. The van der Waals surface area contributed by atoms with Gasteiger partial charge >= 0.3 is 0 Å². The SMILES string of the molecule is C[C@H](O)COCC(=O)c1c(Cc2ccc(I)cc2F)n(C)c(=O)c2cccnc12. The molecule has 0 aliphatic heterocycles. The maximum Gasteiger partial charge on any atom is 0.260 e. The second-order valence-corrected chi connectivity index (χ2v) is 8.03. The van der Waals surface area contributed by atoms with Crippen LogP contribution in [0.15, 0.2) is 41.3 Å². The topological polar surface area (TPSA) is 81.4 Å². The van der Waals surface area contributed by atoms with Crippen LogP contribution in [-0.4, -0.2) is 39.8 Å². The molecular weight excluding hydrogens is 490 g/mol. The highest BCUT2D eigenvalue weighted by Crippen LogP contribution is 2.23. The van der Waals surface area contributed by atoms with Crippen LogP contribution in [0.25, 0.3) is 10.9 Å². The normalized spacial score (nSPS) is 12.3. The number of benzene rings is 1. The van der Waals surface area contributed by atoms with Crippen molar-refractivity contribution >= 4 is 39.3 Å². The molecular formula is C21H20FIN2O4. The molecule has 1 atom stereocenters. The first kappa shape index (κ1) is 21.5. The van der Waals surface area contributed by atoms with Gasteiger partial charge in [0, 0.05) is 28.9 Å². The standard InChI is InChI=1S/C21H20FIN2O4/c1-12(26)10-29-11-18(27)19-17(8-13-5-6-14(23)9-16(13)22)25(2)21(28)15-4-3-7-24-20(15)19/h3-7,9,12,26H,8,10-11H2,1-2H3/t12-/m0/s1. The van der Waals surface area contributed by atoms with Crippen molar-refractivity contribution in [3.05, 3.63) is 73.1 Å². The number of nitrogens with zero attached hydrogens (tertiary/aromatic N) is 2. The number of ether oxygens (including phenoxy) is 1. The van der Waals surface area contributed by atoms with Gasteiger partial charge < -0.3 is 14.4 Å². The number of carbonyl (C=O) groups is 1. The number of hydrogen-bond donors (Lipinski definition) is 1. The number of halogens is 2. The summed E-state index contributed by atoms with van der Waals surface area (Å²) in [6.45, 7) is 1.28. The summed E-state index contributed by atoms with van der Waals surface area (Å²) >= 11 is 2.02. The van der Waals surface area contributed by atoms with E-state index in [0.717, 1.165) is 3.57 Å². The van der Waals surface area contributed by atoms with Crippen molar-refractivity contribution in [1.29, 1.82) is 0 Å². The molecule has 152 valence electrons. The summed E-state index contributed by atoms with van der Waals surface area (Å²) in [4.78, 5) is 30.1. The monoisotopic (exact) mass is 510 g/mol. The van der Waals surface area contributed by atoms with Crippen molar-refractivity contribution in [3.63, 3.8) is 0 Å². The highest BCUT2D eigenvalue weighted by molar-refractivity contribution is 14.1. The molecule has 0 fully saturated rings. The minimum Gasteiger partial charge on any atom is -0.391 e. The van der Waals surface area contributed by atoms with Gasteiger partial charge in [0.2, 0.25) is 0 Å². The quantitative estimate of drug-likeness (QED) is 0.391. The molecule has 0 spiro atoms. The number of hydrogen-bond acceptors (Lipinski definition) is 5. The fraction of sp³-hybridized carbons (Fsp3) is 0.286. The number of aliphatic hydroxyl groups excluding tert-OH is 1. The van der Waals surface area contributed by atoms with Crippen molar-refractivity contribution in [1.82, 2.24) is 9.55 Å². The Bertz CT molecular complexity index is 1130. The second-order valence-electron chi connectivity index (χ2n) is 6.79. The van der Waals surface area contributed by atoms with E-state index < -0.39 is 11.9 Å². The minimum atomic E-state index is -0.710. The van der Waals surface area contributed by atoms with Gasteiger partial charge in [-0.25, -0.2) is 4.39 Å².